The molecule has 2 aromatic heterocycles. The van der Waals surface area contributed by atoms with Crippen molar-refractivity contribution in [3.05, 3.63) is 41.2 Å². The normalized spacial score (nSPS) is 18.7. The summed E-state index contributed by atoms with van der Waals surface area (Å²) in [6, 6.07) is 3.29. The summed E-state index contributed by atoms with van der Waals surface area (Å²) in [7, 11) is -3.98. The molecule has 0 aliphatic carbocycles. The fourth-order valence-corrected chi connectivity index (χ4v) is 7.63. The van der Waals surface area contributed by atoms with E-state index >= 15 is 0 Å². The van der Waals surface area contributed by atoms with Crippen molar-refractivity contribution in [2.75, 3.05) is 36.9 Å². The lowest BCUT2D eigenvalue weighted by Gasteiger charge is -2.27. The third-order valence-electron chi connectivity index (χ3n) is 6.96. The van der Waals surface area contributed by atoms with E-state index in [2.05, 4.69) is 19.6 Å². The predicted molar refractivity (Wildman–Crippen MR) is 149 cm³/mol. The molecule has 4 heterocycles. The topological polar surface area (TPSA) is 148 Å². The standard InChI is InChI=1S/C25H29ClN6O5S2/c1-2-37-24(34)20(12-16-11-15-5-7-28-22(27)17(15)13-18(16)26)32-10-6-19(23(32)33)30-39(35,36)21-14-29-25(38-21)31-8-3-4-9-31/h5,7,11,13-14,19-20,30H,2-4,6,8-10,12H2,1H3,(H2,27,28). The minimum atomic E-state index is -3.98. The molecule has 39 heavy (non-hydrogen) atoms. The molecule has 3 aromatic rings. The number of halogens is 1. The molecule has 0 bridgehead atoms. The molecule has 14 heteroatoms. The molecule has 1 aromatic carbocycles. The highest BCUT2D eigenvalue weighted by molar-refractivity contribution is 7.91. The molecule has 2 aliphatic heterocycles. The number of hydrogen-bond donors (Lipinski definition) is 2. The van der Waals surface area contributed by atoms with Gasteiger partial charge in [-0.05, 0) is 55.3 Å². The molecule has 3 N–H and O–H groups in total. The number of carbonyl (C=O) groups is 2. The van der Waals surface area contributed by atoms with Gasteiger partial charge in [0.25, 0.3) is 10.0 Å². The number of hydrogen-bond acceptors (Lipinski definition) is 10. The molecule has 0 saturated carbocycles. The minimum Gasteiger partial charge on any atom is -0.464 e. The maximum atomic E-state index is 13.4. The van der Waals surface area contributed by atoms with E-state index in [-0.39, 0.29) is 30.2 Å². The number of pyridine rings is 1. The number of carbonyl (C=O) groups excluding carboxylic acids is 2. The molecule has 2 unspecified atom stereocenters. The Balaban J connectivity index is 1.35. The smallest absolute Gasteiger partial charge is 0.329 e. The summed E-state index contributed by atoms with van der Waals surface area (Å²) >= 11 is 7.62. The Morgan fingerprint density at radius 2 is 2.05 bits per heavy atom. The van der Waals surface area contributed by atoms with Gasteiger partial charge in [-0.2, -0.15) is 4.72 Å². The SMILES string of the molecule is CCOC(=O)C(Cc1cc2ccnc(N)c2cc1Cl)N1CCC(NS(=O)(=O)c2cnc(N3CCCC3)s2)C1=O. The van der Waals surface area contributed by atoms with Gasteiger partial charge in [-0.1, -0.05) is 22.9 Å². The first-order valence-electron chi connectivity index (χ1n) is 12.7. The van der Waals surface area contributed by atoms with E-state index < -0.39 is 34.0 Å². The van der Waals surface area contributed by atoms with Crippen LogP contribution < -0.4 is 15.4 Å². The van der Waals surface area contributed by atoms with Crippen molar-refractivity contribution in [1.29, 1.82) is 0 Å². The van der Waals surface area contributed by atoms with Crippen LogP contribution >= 0.6 is 22.9 Å². The lowest BCUT2D eigenvalue weighted by atomic mass is 10.0. The van der Waals surface area contributed by atoms with Gasteiger partial charge >= 0.3 is 5.97 Å². The van der Waals surface area contributed by atoms with E-state index in [4.69, 9.17) is 22.1 Å². The average molecular weight is 593 g/mol. The number of sulfonamides is 1. The van der Waals surface area contributed by atoms with Gasteiger partial charge in [-0.15, -0.1) is 0 Å². The largest absolute Gasteiger partial charge is 0.464 e. The summed E-state index contributed by atoms with van der Waals surface area (Å²) in [4.78, 5) is 38.2. The van der Waals surface area contributed by atoms with Gasteiger partial charge in [0.15, 0.2) is 9.34 Å². The van der Waals surface area contributed by atoms with Crippen LogP contribution in [0.1, 0.15) is 31.7 Å². The number of thiazole rings is 1. The Bertz CT molecular complexity index is 1510. The van der Waals surface area contributed by atoms with Crippen LogP contribution in [-0.2, 0) is 30.8 Å². The van der Waals surface area contributed by atoms with E-state index in [1.54, 1.807) is 25.3 Å². The number of amides is 1. The minimum absolute atomic E-state index is 0.0503. The summed E-state index contributed by atoms with van der Waals surface area (Å²) in [5.74, 6) is -0.745. The molecule has 11 nitrogen and oxygen atoms in total. The molecular weight excluding hydrogens is 564 g/mol. The van der Waals surface area contributed by atoms with Gasteiger partial charge in [0.05, 0.1) is 12.8 Å². The van der Waals surface area contributed by atoms with Crippen LogP contribution in [0.2, 0.25) is 5.02 Å². The number of rotatable bonds is 9. The maximum Gasteiger partial charge on any atom is 0.329 e. The second-order valence-corrected chi connectivity index (χ2v) is 12.8. The van der Waals surface area contributed by atoms with Gasteiger partial charge in [0, 0.05) is 42.7 Å². The van der Waals surface area contributed by atoms with Crippen LogP contribution in [0.3, 0.4) is 0 Å². The summed E-state index contributed by atoms with van der Waals surface area (Å²) < 4.78 is 34.1. The number of nitrogens with one attached hydrogen (secondary N) is 1. The lowest BCUT2D eigenvalue weighted by molar-refractivity contribution is -0.153. The molecule has 2 fully saturated rings. The van der Waals surface area contributed by atoms with Crippen LogP contribution in [0.5, 0.6) is 0 Å². The van der Waals surface area contributed by atoms with Crippen LogP contribution in [-0.4, -0.2) is 73.5 Å². The zero-order valence-corrected chi connectivity index (χ0v) is 23.7. The fourth-order valence-electron chi connectivity index (χ4n) is 4.98. The molecule has 208 valence electrons. The molecule has 2 aliphatic rings. The van der Waals surface area contributed by atoms with Crippen molar-refractivity contribution in [3.63, 3.8) is 0 Å². The van der Waals surface area contributed by atoms with Crippen LogP contribution in [0.25, 0.3) is 10.8 Å². The number of anilines is 2. The number of nitrogens with two attached hydrogens (primary N) is 1. The lowest BCUT2D eigenvalue weighted by Crippen LogP contribution is -2.48. The average Bonchev–Trinajstić information content (AvgIpc) is 3.66. The molecule has 1 amide bonds. The Kier molecular flexibility index (Phi) is 7.94. The first-order chi connectivity index (χ1) is 18.7. The quantitative estimate of drug-likeness (QED) is 0.358. The second-order valence-electron chi connectivity index (χ2n) is 9.48. The van der Waals surface area contributed by atoms with E-state index in [9.17, 15) is 18.0 Å². The van der Waals surface area contributed by atoms with Crippen LogP contribution in [0.4, 0.5) is 10.9 Å². The molecule has 2 atom stereocenters. The van der Waals surface area contributed by atoms with Crippen molar-refractivity contribution in [1.82, 2.24) is 19.6 Å². The first-order valence-corrected chi connectivity index (χ1v) is 15.4. The summed E-state index contributed by atoms with van der Waals surface area (Å²) in [5.41, 5.74) is 6.59. The number of ether oxygens (including phenoxy) is 1. The summed E-state index contributed by atoms with van der Waals surface area (Å²) in [6.45, 7) is 3.68. The van der Waals surface area contributed by atoms with E-state index in [0.29, 0.717) is 26.9 Å². The highest BCUT2D eigenvalue weighted by atomic mass is 35.5. The number of nitrogen functional groups attached to an aromatic ring is 1. The number of esters is 1. The van der Waals surface area contributed by atoms with Crippen molar-refractivity contribution in [3.8, 4) is 0 Å². The molecule has 2 saturated heterocycles. The second kappa shape index (κ2) is 11.2. The number of likely N-dealkylation sites (tertiary alicyclic amines) is 1. The van der Waals surface area contributed by atoms with Crippen molar-refractivity contribution >= 4 is 66.6 Å². The summed E-state index contributed by atoms with van der Waals surface area (Å²) in [5, 5.41) is 2.50. The first kappa shape index (κ1) is 27.6. The number of nitrogens with zero attached hydrogens (tertiary/aromatic N) is 4. The Morgan fingerprint density at radius 1 is 1.28 bits per heavy atom. The third-order valence-corrected chi connectivity index (χ3v) is 10.3. The zero-order valence-electron chi connectivity index (χ0n) is 21.3. The predicted octanol–water partition coefficient (Wildman–Crippen LogP) is 2.58. The van der Waals surface area contributed by atoms with Crippen LogP contribution in [0, 0.1) is 0 Å². The Morgan fingerprint density at radius 3 is 2.79 bits per heavy atom. The number of fused-ring (bicyclic) bond motifs is 1. The Labute approximate surface area is 235 Å². The fraction of sp³-hybridized carbons (Fsp3) is 0.440. The summed E-state index contributed by atoms with van der Waals surface area (Å²) in [6.07, 6.45) is 5.29. The van der Waals surface area contributed by atoms with E-state index in [1.165, 1.54) is 11.1 Å². The number of benzene rings is 1. The van der Waals surface area contributed by atoms with Crippen molar-refractivity contribution in [2.24, 2.45) is 0 Å². The van der Waals surface area contributed by atoms with Crippen molar-refractivity contribution in [2.45, 2.75) is 48.9 Å². The van der Waals surface area contributed by atoms with Gasteiger partial charge in [0.2, 0.25) is 5.91 Å². The van der Waals surface area contributed by atoms with Gasteiger partial charge in [0.1, 0.15) is 17.9 Å². The molecular formula is C25H29ClN6O5S2. The highest BCUT2D eigenvalue weighted by Crippen LogP contribution is 2.31. The zero-order chi connectivity index (χ0) is 27.7. The van der Waals surface area contributed by atoms with E-state index in [1.807, 2.05) is 6.07 Å². The Hall–Kier alpha value is -3.00. The molecule has 0 spiro atoms. The van der Waals surface area contributed by atoms with Crippen molar-refractivity contribution < 1.29 is 22.7 Å². The van der Waals surface area contributed by atoms with Gasteiger partial charge in [-0.3, -0.25) is 4.79 Å². The highest BCUT2D eigenvalue weighted by Gasteiger charge is 2.42. The maximum absolute atomic E-state index is 13.4. The molecule has 5 rings (SSSR count). The number of aromatic nitrogens is 2. The van der Waals surface area contributed by atoms with Gasteiger partial charge < -0.3 is 20.3 Å². The van der Waals surface area contributed by atoms with E-state index in [0.717, 1.165) is 42.7 Å². The monoisotopic (exact) mass is 592 g/mol. The van der Waals surface area contributed by atoms with Gasteiger partial charge in [-0.25, -0.2) is 23.2 Å². The van der Waals surface area contributed by atoms with Crippen LogP contribution in [0.15, 0.2) is 34.8 Å². The third kappa shape index (κ3) is 5.67. The molecule has 0 radical (unpaired) electrons.